The van der Waals surface area contributed by atoms with Crippen LogP contribution in [-0.4, -0.2) is 60.4 Å². The van der Waals surface area contributed by atoms with E-state index in [1.807, 2.05) is 28.9 Å². The molecule has 1 N–H and O–H groups in total. The lowest BCUT2D eigenvalue weighted by Crippen LogP contribution is -2.53. The summed E-state index contributed by atoms with van der Waals surface area (Å²) >= 11 is 0. The van der Waals surface area contributed by atoms with Crippen molar-refractivity contribution in [3.05, 3.63) is 47.8 Å². The lowest BCUT2D eigenvalue weighted by atomic mass is 10.1. The molecule has 0 aliphatic carbocycles. The van der Waals surface area contributed by atoms with Crippen molar-refractivity contribution >= 4 is 35.6 Å². The van der Waals surface area contributed by atoms with Crippen LogP contribution in [0.1, 0.15) is 11.1 Å². The molecule has 0 saturated carbocycles. The van der Waals surface area contributed by atoms with Crippen LogP contribution in [0, 0.1) is 6.92 Å². The first-order valence-electron chi connectivity index (χ1n) is 9.23. The van der Waals surface area contributed by atoms with Gasteiger partial charge in [0.2, 0.25) is 0 Å². The number of aliphatic imine (C=N–C) groups is 1. The van der Waals surface area contributed by atoms with Gasteiger partial charge in [-0.15, -0.1) is 24.0 Å². The van der Waals surface area contributed by atoms with Crippen LogP contribution in [0.25, 0.3) is 0 Å². The number of halogens is 4. The molecule has 160 valence electrons. The van der Waals surface area contributed by atoms with Gasteiger partial charge in [-0.2, -0.15) is 18.3 Å². The van der Waals surface area contributed by atoms with Crippen molar-refractivity contribution in [3.63, 3.8) is 0 Å². The SMILES string of the molecule is CN=C(NCCn1cc(C)cn1)N1CCN(c2cccc(C(F)(F)F)c2)CC1.I. The first-order valence-corrected chi connectivity index (χ1v) is 9.23. The van der Waals surface area contributed by atoms with Crippen LogP contribution in [0.4, 0.5) is 18.9 Å². The van der Waals surface area contributed by atoms with Gasteiger partial charge in [0.1, 0.15) is 0 Å². The quantitative estimate of drug-likeness (QED) is 0.381. The highest BCUT2D eigenvalue weighted by Crippen LogP contribution is 2.31. The fourth-order valence-electron chi connectivity index (χ4n) is 3.26. The Kier molecular flexibility index (Phi) is 8.17. The zero-order valence-electron chi connectivity index (χ0n) is 16.5. The molecule has 1 aliphatic heterocycles. The molecule has 1 saturated heterocycles. The summed E-state index contributed by atoms with van der Waals surface area (Å²) in [6.07, 6.45) is -0.517. The second-order valence-electron chi connectivity index (χ2n) is 6.78. The summed E-state index contributed by atoms with van der Waals surface area (Å²) in [5.74, 6) is 0.799. The predicted octanol–water partition coefficient (Wildman–Crippen LogP) is 3.23. The van der Waals surface area contributed by atoms with Gasteiger partial charge in [0.05, 0.1) is 18.3 Å². The summed E-state index contributed by atoms with van der Waals surface area (Å²) in [4.78, 5) is 8.43. The Labute approximate surface area is 185 Å². The van der Waals surface area contributed by atoms with E-state index in [-0.39, 0.29) is 24.0 Å². The van der Waals surface area contributed by atoms with Crippen LogP contribution < -0.4 is 10.2 Å². The van der Waals surface area contributed by atoms with Crippen LogP contribution in [0.2, 0.25) is 0 Å². The number of nitrogens with one attached hydrogen (secondary N) is 1. The van der Waals surface area contributed by atoms with Gasteiger partial charge in [0.25, 0.3) is 0 Å². The molecule has 2 heterocycles. The summed E-state index contributed by atoms with van der Waals surface area (Å²) < 4.78 is 40.7. The summed E-state index contributed by atoms with van der Waals surface area (Å²) in [5.41, 5.74) is 1.11. The van der Waals surface area contributed by atoms with E-state index >= 15 is 0 Å². The Bertz CT molecular complexity index is 812. The maximum Gasteiger partial charge on any atom is 0.416 e. The number of hydrogen-bond donors (Lipinski definition) is 1. The fraction of sp³-hybridized carbons (Fsp3) is 0.474. The maximum absolute atomic E-state index is 12.9. The normalized spacial score (nSPS) is 15.3. The zero-order valence-corrected chi connectivity index (χ0v) is 18.8. The number of aromatic nitrogens is 2. The van der Waals surface area contributed by atoms with Gasteiger partial charge in [0.15, 0.2) is 5.96 Å². The molecule has 1 aromatic heterocycles. The maximum atomic E-state index is 12.9. The van der Waals surface area contributed by atoms with E-state index in [4.69, 9.17) is 0 Å². The average molecular weight is 522 g/mol. The predicted molar refractivity (Wildman–Crippen MR) is 119 cm³/mol. The van der Waals surface area contributed by atoms with Crippen molar-refractivity contribution < 1.29 is 13.2 Å². The Balaban J connectivity index is 0.00000300. The third-order valence-electron chi connectivity index (χ3n) is 4.72. The zero-order chi connectivity index (χ0) is 20.1. The molecule has 1 aliphatic rings. The average Bonchev–Trinajstić information content (AvgIpc) is 3.10. The van der Waals surface area contributed by atoms with Crippen molar-refractivity contribution in [2.24, 2.45) is 4.99 Å². The molecule has 0 amide bonds. The van der Waals surface area contributed by atoms with Gasteiger partial charge < -0.3 is 15.1 Å². The standard InChI is InChI=1S/C19H25F3N6.HI/c1-15-13-25-28(14-15)7-6-24-18(23-2)27-10-8-26(9-11-27)17-5-3-4-16(12-17)19(20,21)22;/h3-5,12-14H,6-11H2,1-2H3,(H,23,24);1H. The molecule has 6 nitrogen and oxygen atoms in total. The lowest BCUT2D eigenvalue weighted by Gasteiger charge is -2.37. The van der Waals surface area contributed by atoms with E-state index < -0.39 is 11.7 Å². The molecule has 0 atom stereocenters. The molecule has 1 fully saturated rings. The largest absolute Gasteiger partial charge is 0.416 e. The van der Waals surface area contributed by atoms with Crippen molar-refractivity contribution in [3.8, 4) is 0 Å². The van der Waals surface area contributed by atoms with Gasteiger partial charge in [-0.25, -0.2) is 0 Å². The Morgan fingerprint density at radius 2 is 1.93 bits per heavy atom. The minimum atomic E-state index is -4.32. The Morgan fingerprint density at radius 1 is 1.21 bits per heavy atom. The molecule has 10 heteroatoms. The molecule has 3 rings (SSSR count). The molecular weight excluding hydrogens is 496 g/mol. The van der Waals surface area contributed by atoms with Crippen molar-refractivity contribution in [1.82, 2.24) is 20.0 Å². The number of nitrogens with zero attached hydrogens (tertiary/aromatic N) is 5. The fourth-order valence-corrected chi connectivity index (χ4v) is 3.26. The molecule has 0 bridgehead atoms. The molecular formula is C19H26F3IN6. The van der Waals surface area contributed by atoms with Gasteiger partial charge in [-0.1, -0.05) is 6.07 Å². The number of rotatable bonds is 4. The van der Waals surface area contributed by atoms with Crippen molar-refractivity contribution in [2.45, 2.75) is 19.6 Å². The number of anilines is 1. The lowest BCUT2D eigenvalue weighted by molar-refractivity contribution is -0.137. The minimum absolute atomic E-state index is 0. The number of benzene rings is 1. The van der Waals surface area contributed by atoms with Crippen LogP contribution in [0.3, 0.4) is 0 Å². The van der Waals surface area contributed by atoms with E-state index in [1.165, 1.54) is 12.1 Å². The summed E-state index contributed by atoms with van der Waals surface area (Å²) in [6.45, 7) is 6.09. The second kappa shape index (κ2) is 10.2. The molecule has 0 radical (unpaired) electrons. The molecule has 29 heavy (non-hydrogen) atoms. The van der Waals surface area contributed by atoms with Crippen LogP contribution in [-0.2, 0) is 12.7 Å². The van der Waals surface area contributed by atoms with E-state index in [0.717, 1.165) is 24.1 Å². The van der Waals surface area contributed by atoms with Crippen LogP contribution in [0.5, 0.6) is 0 Å². The van der Waals surface area contributed by atoms with Gasteiger partial charge in [-0.05, 0) is 30.7 Å². The third kappa shape index (κ3) is 6.25. The molecule has 2 aromatic rings. The van der Waals surface area contributed by atoms with Gasteiger partial charge in [-0.3, -0.25) is 9.67 Å². The second-order valence-corrected chi connectivity index (χ2v) is 6.78. The highest BCUT2D eigenvalue weighted by molar-refractivity contribution is 14.0. The smallest absolute Gasteiger partial charge is 0.368 e. The van der Waals surface area contributed by atoms with Gasteiger partial charge >= 0.3 is 6.18 Å². The molecule has 0 spiro atoms. The Morgan fingerprint density at radius 3 is 2.52 bits per heavy atom. The van der Waals surface area contributed by atoms with Crippen LogP contribution in [0.15, 0.2) is 41.7 Å². The summed E-state index contributed by atoms with van der Waals surface area (Å²) in [6, 6.07) is 5.51. The topological polar surface area (TPSA) is 48.7 Å². The van der Waals surface area contributed by atoms with Crippen molar-refractivity contribution in [1.29, 1.82) is 0 Å². The highest BCUT2D eigenvalue weighted by atomic mass is 127. The van der Waals surface area contributed by atoms with E-state index in [9.17, 15) is 13.2 Å². The third-order valence-corrected chi connectivity index (χ3v) is 4.72. The van der Waals surface area contributed by atoms with Crippen molar-refractivity contribution in [2.75, 3.05) is 44.7 Å². The number of piperazine rings is 1. The molecule has 1 aromatic carbocycles. The number of alkyl halides is 3. The number of aryl methyl sites for hydroxylation is 1. The van der Waals surface area contributed by atoms with E-state index in [2.05, 4.69) is 20.3 Å². The van der Waals surface area contributed by atoms with Gasteiger partial charge in [0, 0.05) is 51.7 Å². The minimum Gasteiger partial charge on any atom is -0.368 e. The monoisotopic (exact) mass is 522 g/mol. The van der Waals surface area contributed by atoms with Crippen LogP contribution >= 0.6 is 24.0 Å². The first-order chi connectivity index (χ1) is 13.4. The number of hydrogen-bond acceptors (Lipinski definition) is 3. The van der Waals surface area contributed by atoms with E-state index in [0.29, 0.717) is 38.4 Å². The summed E-state index contributed by atoms with van der Waals surface area (Å²) in [7, 11) is 1.74. The first kappa shape index (κ1) is 23.3. The highest BCUT2D eigenvalue weighted by Gasteiger charge is 2.31. The number of guanidine groups is 1. The van der Waals surface area contributed by atoms with E-state index in [1.54, 1.807) is 13.1 Å². The summed E-state index contributed by atoms with van der Waals surface area (Å²) in [5, 5.41) is 7.58. The molecule has 0 unspecified atom stereocenters. The Hall–Kier alpha value is -1.98.